The summed E-state index contributed by atoms with van der Waals surface area (Å²) >= 11 is 0. The summed E-state index contributed by atoms with van der Waals surface area (Å²) in [6.45, 7) is 0.668. The zero-order valence-corrected chi connectivity index (χ0v) is 11.3. The van der Waals surface area contributed by atoms with Gasteiger partial charge < -0.3 is 5.32 Å². The summed E-state index contributed by atoms with van der Waals surface area (Å²) in [5.74, 6) is 1.24. The van der Waals surface area contributed by atoms with Gasteiger partial charge in [-0.25, -0.2) is 9.97 Å². The van der Waals surface area contributed by atoms with Crippen LogP contribution in [0.1, 0.15) is 5.82 Å². The van der Waals surface area contributed by atoms with E-state index >= 15 is 0 Å². The van der Waals surface area contributed by atoms with Crippen molar-refractivity contribution in [2.45, 2.75) is 6.54 Å². The van der Waals surface area contributed by atoms with Gasteiger partial charge in [0.05, 0.1) is 43.4 Å². The van der Waals surface area contributed by atoms with Gasteiger partial charge in [0.1, 0.15) is 11.6 Å². The Morgan fingerprint density at radius 2 is 2.00 bits per heavy atom. The number of hydrogen-bond donors (Lipinski definition) is 1. The van der Waals surface area contributed by atoms with E-state index in [1.165, 1.54) is 0 Å². The van der Waals surface area contributed by atoms with Crippen molar-refractivity contribution >= 4 is 16.9 Å². The number of nitrogens with zero attached hydrogens (tertiary/aromatic N) is 7. The van der Waals surface area contributed by atoms with Crippen LogP contribution < -0.4 is 5.32 Å². The first kappa shape index (κ1) is 13.7. The van der Waals surface area contributed by atoms with Crippen LogP contribution in [-0.4, -0.2) is 44.8 Å². The van der Waals surface area contributed by atoms with Crippen LogP contribution in [0, 0.1) is 22.7 Å². The van der Waals surface area contributed by atoms with Gasteiger partial charge in [-0.05, 0) is 0 Å². The van der Waals surface area contributed by atoms with Gasteiger partial charge in [0.2, 0.25) is 0 Å². The molecule has 0 spiro atoms. The molecule has 0 amide bonds. The molecule has 0 radical (unpaired) electrons. The molecule has 8 heteroatoms. The van der Waals surface area contributed by atoms with Crippen molar-refractivity contribution < 1.29 is 0 Å². The standard InChI is InChI=1S/C12H14N8/c1-15-11-9-7-16-19(2)12(9)18-10(17-11)8-20(5-3-13)6-4-14/h7H,5-6,8H2,1-2H3,(H,15,17,18). The van der Waals surface area contributed by atoms with Crippen molar-refractivity contribution in [1.29, 1.82) is 10.5 Å². The molecule has 0 bridgehead atoms. The molecule has 8 nitrogen and oxygen atoms in total. The number of nitriles is 2. The Morgan fingerprint density at radius 3 is 2.60 bits per heavy atom. The minimum absolute atomic E-state index is 0.162. The average molecular weight is 270 g/mol. The SMILES string of the molecule is CNc1nc(CN(CC#N)CC#N)nc2c1cnn2C. The third-order valence-electron chi connectivity index (χ3n) is 2.83. The second-order valence-corrected chi connectivity index (χ2v) is 4.21. The Morgan fingerprint density at radius 1 is 1.30 bits per heavy atom. The topological polar surface area (TPSA) is 106 Å². The summed E-state index contributed by atoms with van der Waals surface area (Å²) in [6, 6.07) is 4.06. The highest BCUT2D eigenvalue weighted by Crippen LogP contribution is 2.19. The maximum Gasteiger partial charge on any atom is 0.163 e. The van der Waals surface area contributed by atoms with Gasteiger partial charge in [-0.1, -0.05) is 0 Å². The fourth-order valence-electron chi connectivity index (χ4n) is 1.90. The monoisotopic (exact) mass is 270 g/mol. The Bertz CT molecular complexity index is 674. The summed E-state index contributed by atoms with van der Waals surface area (Å²) in [7, 11) is 3.59. The minimum Gasteiger partial charge on any atom is -0.372 e. The third kappa shape index (κ3) is 2.66. The lowest BCUT2D eigenvalue weighted by atomic mass is 10.3. The van der Waals surface area contributed by atoms with E-state index in [0.717, 1.165) is 5.39 Å². The number of fused-ring (bicyclic) bond motifs is 1. The average Bonchev–Trinajstić information content (AvgIpc) is 2.80. The Kier molecular flexibility index (Phi) is 4.08. The lowest BCUT2D eigenvalue weighted by Gasteiger charge is -2.14. The summed E-state index contributed by atoms with van der Waals surface area (Å²) in [5, 5.41) is 25.5. The minimum atomic E-state index is 0.162. The van der Waals surface area contributed by atoms with Gasteiger partial charge in [-0.3, -0.25) is 9.58 Å². The lowest BCUT2D eigenvalue weighted by Crippen LogP contribution is -2.25. The van der Waals surface area contributed by atoms with Crippen LogP contribution in [0.15, 0.2) is 6.20 Å². The third-order valence-corrected chi connectivity index (χ3v) is 2.83. The number of hydrogen-bond acceptors (Lipinski definition) is 7. The first-order chi connectivity index (χ1) is 9.69. The maximum absolute atomic E-state index is 8.76. The molecule has 2 aromatic rings. The fraction of sp³-hybridized carbons (Fsp3) is 0.417. The molecule has 2 aromatic heterocycles. The van der Waals surface area contributed by atoms with E-state index in [1.807, 2.05) is 12.1 Å². The summed E-state index contributed by atoms with van der Waals surface area (Å²) < 4.78 is 1.67. The molecule has 102 valence electrons. The van der Waals surface area contributed by atoms with Crippen molar-refractivity contribution in [2.75, 3.05) is 25.5 Å². The molecule has 0 fully saturated rings. The second-order valence-electron chi connectivity index (χ2n) is 4.21. The van der Waals surface area contributed by atoms with Gasteiger partial charge in [-0.15, -0.1) is 0 Å². The predicted molar refractivity (Wildman–Crippen MR) is 72.4 cm³/mol. The Balaban J connectivity index is 2.37. The van der Waals surface area contributed by atoms with Crippen molar-refractivity contribution in [3.63, 3.8) is 0 Å². The molecule has 0 aromatic carbocycles. The molecule has 1 N–H and O–H groups in total. The highest BCUT2D eigenvalue weighted by Gasteiger charge is 2.13. The zero-order chi connectivity index (χ0) is 14.5. The number of rotatable bonds is 5. The van der Waals surface area contributed by atoms with E-state index < -0.39 is 0 Å². The van der Waals surface area contributed by atoms with Gasteiger partial charge in [0.15, 0.2) is 5.65 Å². The molecule has 0 aliphatic heterocycles. The van der Waals surface area contributed by atoms with E-state index in [0.29, 0.717) is 23.8 Å². The Labute approximate surface area is 116 Å². The van der Waals surface area contributed by atoms with Crippen LogP contribution in [-0.2, 0) is 13.6 Å². The fourth-order valence-corrected chi connectivity index (χ4v) is 1.90. The van der Waals surface area contributed by atoms with E-state index in [2.05, 4.69) is 20.4 Å². The molecule has 0 unspecified atom stereocenters. The van der Waals surface area contributed by atoms with Crippen LogP contribution in [0.5, 0.6) is 0 Å². The first-order valence-electron chi connectivity index (χ1n) is 6.02. The number of nitrogens with one attached hydrogen (secondary N) is 1. The van der Waals surface area contributed by atoms with Crippen LogP contribution in [0.2, 0.25) is 0 Å². The normalized spacial score (nSPS) is 10.4. The summed E-state index contributed by atoms with van der Waals surface area (Å²) in [4.78, 5) is 10.5. The molecule has 0 aliphatic carbocycles. The van der Waals surface area contributed by atoms with Crippen LogP contribution >= 0.6 is 0 Å². The van der Waals surface area contributed by atoms with Gasteiger partial charge in [0.25, 0.3) is 0 Å². The molecule has 20 heavy (non-hydrogen) atoms. The van der Waals surface area contributed by atoms with Crippen molar-refractivity contribution in [3.05, 3.63) is 12.0 Å². The lowest BCUT2D eigenvalue weighted by molar-refractivity contribution is 0.326. The smallest absolute Gasteiger partial charge is 0.163 e. The zero-order valence-electron chi connectivity index (χ0n) is 11.3. The molecule has 0 aliphatic rings. The summed E-state index contributed by atoms with van der Waals surface area (Å²) in [5.41, 5.74) is 0.716. The number of anilines is 1. The van der Waals surface area contributed by atoms with Crippen molar-refractivity contribution in [2.24, 2.45) is 7.05 Å². The van der Waals surface area contributed by atoms with Gasteiger partial charge >= 0.3 is 0 Å². The van der Waals surface area contributed by atoms with Crippen LogP contribution in [0.4, 0.5) is 5.82 Å². The molecular formula is C12H14N8. The number of aromatic nitrogens is 4. The summed E-state index contributed by atoms with van der Waals surface area (Å²) in [6.07, 6.45) is 1.70. The molecule has 2 heterocycles. The highest BCUT2D eigenvalue weighted by molar-refractivity contribution is 5.86. The van der Waals surface area contributed by atoms with Crippen molar-refractivity contribution in [1.82, 2.24) is 24.6 Å². The van der Waals surface area contributed by atoms with E-state index in [-0.39, 0.29) is 13.1 Å². The second kappa shape index (κ2) is 5.95. The Hall–Kier alpha value is -2.71. The maximum atomic E-state index is 8.76. The quantitative estimate of drug-likeness (QED) is 0.776. The van der Waals surface area contributed by atoms with Crippen LogP contribution in [0.3, 0.4) is 0 Å². The van der Waals surface area contributed by atoms with E-state index in [4.69, 9.17) is 10.5 Å². The molecule has 2 rings (SSSR count). The highest BCUT2D eigenvalue weighted by atomic mass is 15.3. The molecule has 0 saturated carbocycles. The van der Waals surface area contributed by atoms with E-state index in [9.17, 15) is 0 Å². The van der Waals surface area contributed by atoms with Crippen molar-refractivity contribution in [3.8, 4) is 12.1 Å². The van der Waals surface area contributed by atoms with Gasteiger partial charge in [-0.2, -0.15) is 15.6 Å². The number of aryl methyl sites for hydroxylation is 1. The molecule has 0 atom stereocenters. The van der Waals surface area contributed by atoms with Crippen LogP contribution in [0.25, 0.3) is 11.0 Å². The molecular weight excluding hydrogens is 256 g/mol. The predicted octanol–water partition coefficient (Wildman–Crippen LogP) is 0.254. The van der Waals surface area contributed by atoms with E-state index in [1.54, 1.807) is 29.9 Å². The largest absolute Gasteiger partial charge is 0.372 e. The van der Waals surface area contributed by atoms with Gasteiger partial charge in [0, 0.05) is 14.1 Å². The first-order valence-corrected chi connectivity index (χ1v) is 6.02. The molecule has 0 saturated heterocycles.